The van der Waals surface area contributed by atoms with Gasteiger partial charge in [0.25, 0.3) is 11.1 Å². The summed E-state index contributed by atoms with van der Waals surface area (Å²) in [6.07, 6.45) is 1.50. The van der Waals surface area contributed by atoms with Crippen LogP contribution in [-0.4, -0.2) is 29.3 Å². The summed E-state index contributed by atoms with van der Waals surface area (Å²) in [4.78, 5) is 37.6. The molecule has 0 aliphatic carbocycles. The molecule has 8 heteroatoms. The van der Waals surface area contributed by atoms with Gasteiger partial charge in [-0.3, -0.25) is 9.59 Å². The number of carboxylic acid groups (broad SMARTS) is 1. The van der Waals surface area contributed by atoms with Crippen molar-refractivity contribution in [1.82, 2.24) is 0 Å². The van der Waals surface area contributed by atoms with Gasteiger partial charge in [0.05, 0.1) is 23.3 Å². The van der Waals surface area contributed by atoms with Crippen LogP contribution in [0.3, 0.4) is 0 Å². The molecule has 2 aromatic carbocycles. The molecular weight excluding hydrogens is 406 g/mol. The van der Waals surface area contributed by atoms with Gasteiger partial charge in [-0.05, 0) is 60.3 Å². The predicted octanol–water partition coefficient (Wildman–Crippen LogP) is 4.89. The minimum Gasteiger partial charge on any atom is -0.497 e. The Labute approximate surface area is 175 Å². The van der Waals surface area contributed by atoms with Gasteiger partial charge in [0.15, 0.2) is 0 Å². The number of benzene rings is 2. The van der Waals surface area contributed by atoms with Crippen LogP contribution in [0.1, 0.15) is 16.1 Å². The molecular formula is C22H15NO6S. The number of hydrogen-bond donors (Lipinski definition) is 1. The zero-order chi connectivity index (χ0) is 21.3. The van der Waals surface area contributed by atoms with Crippen LogP contribution in [0.25, 0.3) is 17.4 Å². The number of thioether (sulfide) groups is 1. The van der Waals surface area contributed by atoms with E-state index in [1.165, 1.54) is 25.3 Å². The monoisotopic (exact) mass is 421 g/mol. The molecule has 0 saturated carbocycles. The maximum absolute atomic E-state index is 12.7. The van der Waals surface area contributed by atoms with E-state index in [1.54, 1.807) is 48.5 Å². The first-order valence-electron chi connectivity index (χ1n) is 8.82. The third kappa shape index (κ3) is 3.72. The average molecular weight is 421 g/mol. The number of methoxy groups -OCH3 is 1. The zero-order valence-electron chi connectivity index (χ0n) is 15.7. The quantitative estimate of drug-likeness (QED) is 0.586. The van der Waals surface area contributed by atoms with Crippen LogP contribution in [0.15, 0.2) is 70.0 Å². The van der Waals surface area contributed by atoms with Crippen LogP contribution in [0.5, 0.6) is 5.75 Å². The second-order valence-electron chi connectivity index (χ2n) is 6.30. The topological polar surface area (TPSA) is 97.1 Å². The number of rotatable bonds is 5. The van der Waals surface area contributed by atoms with Crippen LogP contribution in [0.4, 0.5) is 10.5 Å². The molecule has 1 N–H and O–H groups in total. The fourth-order valence-corrected chi connectivity index (χ4v) is 3.76. The number of nitrogens with zero attached hydrogens (tertiary/aromatic N) is 1. The van der Waals surface area contributed by atoms with Crippen molar-refractivity contribution in [2.75, 3.05) is 12.0 Å². The Hall–Kier alpha value is -3.78. The van der Waals surface area contributed by atoms with Crippen molar-refractivity contribution in [2.45, 2.75) is 0 Å². The Kier molecular flexibility index (Phi) is 5.16. The van der Waals surface area contributed by atoms with Crippen LogP contribution in [0, 0.1) is 0 Å². The maximum atomic E-state index is 12.7. The number of furan rings is 1. The molecule has 1 saturated heterocycles. The van der Waals surface area contributed by atoms with Crippen molar-refractivity contribution in [3.8, 4) is 17.1 Å². The number of carbonyl (C=O) groups excluding carboxylic acids is 2. The Morgan fingerprint density at radius 2 is 1.87 bits per heavy atom. The summed E-state index contributed by atoms with van der Waals surface area (Å²) in [5, 5.41) is 8.72. The summed E-state index contributed by atoms with van der Waals surface area (Å²) < 4.78 is 10.8. The van der Waals surface area contributed by atoms with Gasteiger partial charge in [-0.2, -0.15) is 0 Å². The second kappa shape index (κ2) is 7.92. The van der Waals surface area contributed by atoms with Crippen molar-refractivity contribution >= 4 is 40.6 Å². The van der Waals surface area contributed by atoms with Gasteiger partial charge in [-0.15, -0.1) is 0 Å². The van der Waals surface area contributed by atoms with Gasteiger partial charge in [0.1, 0.15) is 17.3 Å². The van der Waals surface area contributed by atoms with E-state index in [4.69, 9.17) is 14.3 Å². The molecule has 1 fully saturated rings. The number of carboxylic acids is 1. The summed E-state index contributed by atoms with van der Waals surface area (Å²) >= 11 is 0.822. The van der Waals surface area contributed by atoms with Gasteiger partial charge >= 0.3 is 5.97 Å². The maximum Gasteiger partial charge on any atom is 0.335 e. The Morgan fingerprint density at radius 3 is 2.57 bits per heavy atom. The van der Waals surface area contributed by atoms with Crippen molar-refractivity contribution < 1.29 is 28.6 Å². The minimum absolute atomic E-state index is 0.145. The molecule has 3 aromatic rings. The first kappa shape index (κ1) is 19.5. The molecule has 0 atom stereocenters. The molecule has 30 heavy (non-hydrogen) atoms. The molecule has 150 valence electrons. The zero-order valence-corrected chi connectivity index (χ0v) is 16.5. The lowest BCUT2D eigenvalue weighted by Gasteiger charge is -2.12. The van der Waals surface area contributed by atoms with Gasteiger partial charge in [0.2, 0.25) is 0 Å². The lowest BCUT2D eigenvalue weighted by Crippen LogP contribution is -2.27. The standard InChI is InChI=1S/C22H15NO6S/c1-28-16-7-5-15(6-8-16)23-20(24)19(30-22(23)27)12-17-9-10-18(29-17)13-3-2-4-14(11-13)21(25)26/h2-12H,1H3,(H,25,26). The lowest BCUT2D eigenvalue weighted by atomic mass is 10.1. The highest BCUT2D eigenvalue weighted by molar-refractivity contribution is 8.19. The normalized spacial score (nSPS) is 15.1. The Bertz CT molecular complexity index is 1180. The lowest BCUT2D eigenvalue weighted by molar-refractivity contribution is -0.113. The van der Waals surface area contributed by atoms with E-state index in [1.807, 2.05) is 0 Å². The summed E-state index contributed by atoms with van der Waals surface area (Å²) in [6.45, 7) is 0. The predicted molar refractivity (Wildman–Crippen MR) is 113 cm³/mol. The fourth-order valence-electron chi connectivity index (χ4n) is 2.94. The van der Waals surface area contributed by atoms with E-state index in [-0.39, 0.29) is 10.5 Å². The second-order valence-corrected chi connectivity index (χ2v) is 7.30. The molecule has 1 aromatic heterocycles. The molecule has 0 radical (unpaired) electrons. The summed E-state index contributed by atoms with van der Waals surface area (Å²) in [5.74, 6) is -0.0159. The molecule has 1 aliphatic heterocycles. The SMILES string of the molecule is COc1ccc(N2C(=O)SC(=Cc3ccc(-c4cccc(C(=O)O)c4)o3)C2=O)cc1. The molecule has 7 nitrogen and oxygen atoms in total. The highest BCUT2D eigenvalue weighted by Crippen LogP contribution is 2.36. The molecule has 0 unspecified atom stereocenters. The number of imide groups is 1. The number of amides is 2. The van der Waals surface area contributed by atoms with E-state index in [0.717, 1.165) is 16.7 Å². The van der Waals surface area contributed by atoms with Crippen molar-refractivity contribution in [1.29, 1.82) is 0 Å². The van der Waals surface area contributed by atoms with Crippen LogP contribution < -0.4 is 9.64 Å². The molecule has 1 aliphatic rings. The molecule has 2 amide bonds. The third-order valence-corrected chi connectivity index (χ3v) is 5.29. The highest BCUT2D eigenvalue weighted by Gasteiger charge is 2.36. The van der Waals surface area contributed by atoms with E-state index in [0.29, 0.717) is 28.5 Å². The van der Waals surface area contributed by atoms with E-state index in [9.17, 15) is 14.4 Å². The molecule has 4 rings (SSSR count). The number of anilines is 1. The summed E-state index contributed by atoms with van der Waals surface area (Å²) in [5.41, 5.74) is 1.19. The average Bonchev–Trinajstić information content (AvgIpc) is 3.33. The van der Waals surface area contributed by atoms with Crippen molar-refractivity contribution in [3.05, 3.63) is 76.9 Å². The van der Waals surface area contributed by atoms with Crippen molar-refractivity contribution in [2.24, 2.45) is 0 Å². The summed E-state index contributed by atoms with van der Waals surface area (Å²) in [7, 11) is 1.54. The molecule has 0 bridgehead atoms. The molecule has 2 heterocycles. The van der Waals surface area contributed by atoms with Gasteiger partial charge in [0, 0.05) is 11.6 Å². The van der Waals surface area contributed by atoms with E-state index >= 15 is 0 Å². The Balaban J connectivity index is 1.58. The first-order valence-corrected chi connectivity index (χ1v) is 9.63. The van der Waals surface area contributed by atoms with Crippen molar-refractivity contribution in [3.63, 3.8) is 0 Å². The highest BCUT2D eigenvalue weighted by atomic mass is 32.2. The largest absolute Gasteiger partial charge is 0.497 e. The first-order chi connectivity index (χ1) is 14.5. The number of aromatic carboxylic acids is 1. The number of hydrogen-bond acceptors (Lipinski definition) is 6. The number of carbonyl (C=O) groups is 3. The summed E-state index contributed by atoms with van der Waals surface area (Å²) in [6, 6.07) is 16.3. The van der Waals surface area contributed by atoms with Gasteiger partial charge < -0.3 is 14.3 Å². The molecule has 0 spiro atoms. The van der Waals surface area contributed by atoms with Gasteiger partial charge in [-0.1, -0.05) is 12.1 Å². The van der Waals surface area contributed by atoms with E-state index < -0.39 is 17.1 Å². The smallest absolute Gasteiger partial charge is 0.335 e. The van der Waals surface area contributed by atoms with E-state index in [2.05, 4.69) is 0 Å². The number of ether oxygens (including phenoxy) is 1. The fraction of sp³-hybridized carbons (Fsp3) is 0.0455. The minimum atomic E-state index is -1.03. The van der Waals surface area contributed by atoms with Crippen LogP contribution >= 0.6 is 11.8 Å². The Morgan fingerprint density at radius 1 is 1.10 bits per heavy atom. The van der Waals surface area contributed by atoms with Crippen LogP contribution in [0.2, 0.25) is 0 Å². The van der Waals surface area contributed by atoms with Gasteiger partial charge in [-0.25, -0.2) is 9.69 Å². The third-order valence-electron chi connectivity index (χ3n) is 4.42. The van der Waals surface area contributed by atoms with Crippen LogP contribution in [-0.2, 0) is 4.79 Å².